The van der Waals surface area contributed by atoms with Crippen LogP contribution < -0.4 is 11.1 Å². The molecule has 0 saturated heterocycles. The van der Waals surface area contributed by atoms with E-state index in [1.165, 1.54) is 6.20 Å². The van der Waals surface area contributed by atoms with Crippen LogP contribution in [0.25, 0.3) is 11.1 Å². The van der Waals surface area contributed by atoms with Crippen LogP contribution in [0.4, 0.5) is 0 Å². The van der Waals surface area contributed by atoms with Gasteiger partial charge in [0, 0.05) is 18.8 Å². The first-order valence-electron chi connectivity index (χ1n) is 6.98. The molecule has 6 nitrogen and oxygen atoms in total. The van der Waals surface area contributed by atoms with Crippen LogP contribution >= 0.6 is 0 Å². The number of fused-ring (bicyclic) bond motifs is 1. The van der Waals surface area contributed by atoms with Gasteiger partial charge in [-0.3, -0.25) is 4.79 Å². The lowest BCUT2D eigenvalue weighted by molar-refractivity contribution is 0.0933. The van der Waals surface area contributed by atoms with E-state index < -0.39 is 0 Å². The molecule has 20 heavy (non-hydrogen) atoms. The van der Waals surface area contributed by atoms with Crippen LogP contribution in [0, 0.1) is 5.92 Å². The van der Waals surface area contributed by atoms with Gasteiger partial charge in [0.2, 0.25) is 0 Å². The smallest absolute Gasteiger partial charge is 0.257 e. The third kappa shape index (κ3) is 2.38. The van der Waals surface area contributed by atoms with Crippen molar-refractivity contribution in [2.45, 2.75) is 32.2 Å². The molecule has 0 bridgehead atoms. The molecule has 2 heterocycles. The molecular weight excluding hydrogens is 256 g/mol. The average Bonchev–Trinajstić information content (AvgIpc) is 3.23. The minimum Gasteiger partial charge on any atom is -0.348 e. The standard InChI is InChI=1S/C14H18N4O2/c1-2-11-10-5-9(7-16-14(10)20-18-11)13(19)17-12(6-15)8-3-4-8/h5,7-8,12H,2-4,6,15H2,1H3,(H,17,19). The zero-order valence-electron chi connectivity index (χ0n) is 11.4. The van der Waals surface area contributed by atoms with Crippen molar-refractivity contribution in [1.29, 1.82) is 0 Å². The van der Waals surface area contributed by atoms with E-state index in [4.69, 9.17) is 10.3 Å². The van der Waals surface area contributed by atoms with Crippen molar-refractivity contribution in [3.05, 3.63) is 23.5 Å². The zero-order valence-corrected chi connectivity index (χ0v) is 11.4. The second kappa shape index (κ2) is 5.20. The summed E-state index contributed by atoms with van der Waals surface area (Å²) in [7, 11) is 0. The van der Waals surface area contributed by atoms with Gasteiger partial charge in [-0.05, 0) is 31.2 Å². The van der Waals surface area contributed by atoms with Crippen LogP contribution in [-0.2, 0) is 6.42 Å². The van der Waals surface area contributed by atoms with Crippen molar-refractivity contribution in [2.75, 3.05) is 6.54 Å². The van der Waals surface area contributed by atoms with Gasteiger partial charge in [-0.15, -0.1) is 0 Å². The number of amides is 1. The first-order valence-corrected chi connectivity index (χ1v) is 6.98. The number of carbonyl (C=O) groups is 1. The Kier molecular flexibility index (Phi) is 3.40. The highest BCUT2D eigenvalue weighted by atomic mass is 16.5. The Bertz CT molecular complexity index is 633. The highest BCUT2D eigenvalue weighted by molar-refractivity contribution is 5.97. The number of rotatable bonds is 5. The Morgan fingerprint density at radius 2 is 2.40 bits per heavy atom. The van der Waals surface area contributed by atoms with Crippen LogP contribution in [0.2, 0.25) is 0 Å². The van der Waals surface area contributed by atoms with Crippen LogP contribution in [0.3, 0.4) is 0 Å². The molecule has 1 unspecified atom stereocenters. The van der Waals surface area contributed by atoms with Crippen molar-refractivity contribution >= 4 is 17.0 Å². The largest absolute Gasteiger partial charge is 0.348 e. The van der Waals surface area contributed by atoms with Crippen LogP contribution in [0.15, 0.2) is 16.8 Å². The monoisotopic (exact) mass is 274 g/mol. The lowest BCUT2D eigenvalue weighted by atomic mass is 10.1. The number of nitrogens with zero attached hydrogens (tertiary/aromatic N) is 2. The fourth-order valence-corrected chi connectivity index (χ4v) is 2.38. The first-order chi connectivity index (χ1) is 9.72. The molecule has 1 fully saturated rings. The number of nitrogens with two attached hydrogens (primary N) is 1. The maximum absolute atomic E-state index is 12.3. The van der Waals surface area contributed by atoms with Crippen LogP contribution in [-0.4, -0.2) is 28.6 Å². The van der Waals surface area contributed by atoms with Gasteiger partial charge in [0.05, 0.1) is 16.6 Å². The third-order valence-electron chi connectivity index (χ3n) is 3.76. The average molecular weight is 274 g/mol. The van der Waals surface area contributed by atoms with Gasteiger partial charge in [0.1, 0.15) is 0 Å². The van der Waals surface area contributed by atoms with Gasteiger partial charge >= 0.3 is 0 Å². The molecule has 0 radical (unpaired) electrons. The van der Waals surface area contributed by atoms with Gasteiger partial charge in [-0.1, -0.05) is 12.1 Å². The summed E-state index contributed by atoms with van der Waals surface area (Å²) in [6.45, 7) is 2.46. The number of hydrogen-bond acceptors (Lipinski definition) is 5. The molecule has 1 saturated carbocycles. The van der Waals surface area contributed by atoms with E-state index >= 15 is 0 Å². The third-order valence-corrected chi connectivity index (χ3v) is 3.76. The van der Waals surface area contributed by atoms with Gasteiger partial charge in [-0.2, -0.15) is 0 Å². The number of nitrogens with one attached hydrogen (secondary N) is 1. The normalized spacial score (nSPS) is 16.3. The molecule has 1 aliphatic rings. The predicted molar refractivity (Wildman–Crippen MR) is 74.2 cm³/mol. The maximum Gasteiger partial charge on any atom is 0.257 e. The number of carbonyl (C=O) groups excluding carboxylic acids is 1. The summed E-state index contributed by atoms with van der Waals surface area (Å²) in [5.74, 6) is 0.396. The molecule has 1 atom stereocenters. The van der Waals surface area contributed by atoms with Crippen molar-refractivity contribution in [2.24, 2.45) is 11.7 Å². The molecule has 3 rings (SSSR count). The summed E-state index contributed by atoms with van der Waals surface area (Å²) in [4.78, 5) is 16.4. The van der Waals surface area contributed by atoms with E-state index in [9.17, 15) is 4.79 Å². The molecule has 2 aromatic rings. The first kappa shape index (κ1) is 13.1. The minimum atomic E-state index is -0.134. The fraction of sp³-hybridized carbons (Fsp3) is 0.500. The second-order valence-corrected chi connectivity index (χ2v) is 5.21. The van der Waals surface area contributed by atoms with Gasteiger partial charge in [-0.25, -0.2) is 4.98 Å². The fourth-order valence-electron chi connectivity index (χ4n) is 2.38. The topological polar surface area (TPSA) is 94.0 Å². The predicted octanol–water partition coefficient (Wildman–Crippen LogP) is 1.25. The molecule has 0 aromatic carbocycles. The van der Waals surface area contributed by atoms with E-state index in [1.807, 2.05) is 6.92 Å². The Labute approximate surface area is 116 Å². The number of pyridine rings is 1. The zero-order chi connectivity index (χ0) is 14.1. The Morgan fingerprint density at radius 1 is 1.60 bits per heavy atom. The van der Waals surface area contributed by atoms with Gasteiger partial charge < -0.3 is 15.6 Å². The van der Waals surface area contributed by atoms with Crippen LogP contribution in [0.1, 0.15) is 35.8 Å². The van der Waals surface area contributed by atoms with E-state index in [1.54, 1.807) is 6.07 Å². The molecule has 1 amide bonds. The molecule has 6 heteroatoms. The number of aromatic nitrogens is 2. The number of aryl methyl sites for hydroxylation is 1. The van der Waals surface area contributed by atoms with Crippen molar-refractivity contribution in [3.63, 3.8) is 0 Å². The minimum absolute atomic E-state index is 0.0614. The lowest BCUT2D eigenvalue weighted by Crippen LogP contribution is -2.41. The van der Waals surface area contributed by atoms with Gasteiger partial charge in [0.25, 0.3) is 11.6 Å². The molecule has 106 valence electrons. The molecular formula is C14H18N4O2. The summed E-state index contributed by atoms with van der Waals surface area (Å²) in [6, 6.07) is 1.85. The van der Waals surface area contributed by atoms with Crippen molar-refractivity contribution < 1.29 is 9.32 Å². The van der Waals surface area contributed by atoms with Crippen LogP contribution in [0.5, 0.6) is 0 Å². The summed E-state index contributed by atoms with van der Waals surface area (Å²) in [5.41, 5.74) is 7.51. The molecule has 2 aromatic heterocycles. The molecule has 0 spiro atoms. The summed E-state index contributed by atoms with van der Waals surface area (Å²) in [6.07, 6.45) is 4.55. The molecule has 1 aliphatic carbocycles. The molecule has 0 aliphatic heterocycles. The summed E-state index contributed by atoms with van der Waals surface area (Å²) in [5, 5.41) is 7.73. The van der Waals surface area contributed by atoms with E-state index in [0.29, 0.717) is 23.7 Å². The molecule has 3 N–H and O–H groups in total. The van der Waals surface area contributed by atoms with Crippen molar-refractivity contribution in [1.82, 2.24) is 15.5 Å². The van der Waals surface area contributed by atoms with E-state index in [-0.39, 0.29) is 11.9 Å². The Balaban J connectivity index is 1.83. The SMILES string of the molecule is CCc1noc2ncc(C(=O)NC(CN)C3CC3)cc12. The highest BCUT2D eigenvalue weighted by Gasteiger charge is 2.31. The highest BCUT2D eigenvalue weighted by Crippen LogP contribution is 2.32. The quantitative estimate of drug-likeness (QED) is 0.855. The summed E-state index contributed by atoms with van der Waals surface area (Å²) < 4.78 is 5.11. The second-order valence-electron chi connectivity index (χ2n) is 5.21. The maximum atomic E-state index is 12.3. The Morgan fingerprint density at radius 3 is 3.05 bits per heavy atom. The number of hydrogen-bond donors (Lipinski definition) is 2. The van der Waals surface area contributed by atoms with E-state index in [0.717, 1.165) is 30.3 Å². The Hall–Kier alpha value is -1.95. The lowest BCUT2D eigenvalue weighted by Gasteiger charge is -2.15. The van der Waals surface area contributed by atoms with Crippen molar-refractivity contribution in [3.8, 4) is 0 Å². The van der Waals surface area contributed by atoms with E-state index in [2.05, 4.69) is 15.5 Å². The summed E-state index contributed by atoms with van der Waals surface area (Å²) >= 11 is 0. The van der Waals surface area contributed by atoms with Gasteiger partial charge in [0.15, 0.2) is 0 Å².